The van der Waals surface area contributed by atoms with E-state index in [1.165, 1.54) is 6.07 Å². The first-order valence-corrected chi connectivity index (χ1v) is 7.51. The fourth-order valence-corrected chi connectivity index (χ4v) is 2.72. The summed E-state index contributed by atoms with van der Waals surface area (Å²) in [5.74, 6) is -0.637. The molecular weight excluding hydrogens is 287 g/mol. The number of hydrogen-bond donors (Lipinski definition) is 2. The molecule has 0 bridgehead atoms. The highest BCUT2D eigenvalue weighted by molar-refractivity contribution is 7.89. The number of benzene rings is 1. The van der Waals surface area contributed by atoms with Crippen molar-refractivity contribution in [2.45, 2.75) is 25.7 Å². The van der Waals surface area contributed by atoms with E-state index in [0.717, 1.165) is 12.1 Å². The predicted molar refractivity (Wildman–Crippen MR) is 76.9 cm³/mol. The molecule has 0 amide bonds. The lowest BCUT2D eigenvalue weighted by Crippen LogP contribution is -2.32. The van der Waals surface area contributed by atoms with Gasteiger partial charge in [-0.15, -0.1) is 0 Å². The first-order valence-electron chi connectivity index (χ1n) is 5.62. The van der Waals surface area contributed by atoms with E-state index in [4.69, 9.17) is 5.73 Å². The standard InChI is InChI=1S/C12H17FN2O2S2/c1-12(2,3)7-15-19(16,17)8-4-5-10(13)9(6-8)11(14)18/h4-6,15H,7H2,1-3H3,(H2,14,18). The van der Waals surface area contributed by atoms with Gasteiger partial charge in [0.15, 0.2) is 0 Å². The summed E-state index contributed by atoms with van der Waals surface area (Å²) < 4.78 is 40.0. The third-order valence-electron chi connectivity index (χ3n) is 2.31. The van der Waals surface area contributed by atoms with E-state index in [2.05, 4.69) is 16.9 Å². The quantitative estimate of drug-likeness (QED) is 0.832. The lowest BCUT2D eigenvalue weighted by molar-refractivity contribution is 0.407. The number of sulfonamides is 1. The first-order chi connectivity index (χ1) is 8.53. The smallest absolute Gasteiger partial charge is 0.240 e. The van der Waals surface area contributed by atoms with Crippen LogP contribution in [0, 0.1) is 11.2 Å². The van der Waals surface area contributed by atoms with Crippen molar-refractivity contribution in [1.29, 1.82) is 0 Å². The summed E-state index contributed by atoms with van der Waals surface area (Å²) in [5, 5.41) is 0. The molecule has 0 aromatic heterocycles. The van der Waals surface area contributed by atoms with Gasteiger partial charge in [-0.2, -0.15) is 0 Å². The van der Waals surface area contributed by atoms with Gasteiger partial charge in [-0.05, 0) is 23.6 Å². The summed E-state index contributed by atoms with van der Waals surface area (Å²) >= 11 is 4.68. The van der Waals surface area contributed by atoms with Crippen LogP contribution in [0.2, 0.25) is 0 Å². The lowest BCUT2D eigenvalue weighted by Gasteiger charge is -2.19. The van der Waals surface area contributed by atoms with E-state index in [-0.39, 0.29) is 27.4 Å². The molecule has 7 heteroatoms. The Balaban J connectivity index is 3.09. The van der Waals surface area contributed by atoms with Crippen LogP contribution in [0.1, 0.15) is 26.3 Å². The summed E-state index contributed by atoms with van der Waals surface area (Å²) in [4.78, 5) is -0.230. The van der Waals surface area contributed by atoms with E-state index in [9.17, 15) is 12.8 Å². The van der Waals surface area contributed by atoms with Gasteiger partial charge in [-0.25, -0.2) is 17.5 Å². The molecule has 0 unspecified atom stereocenters. The van der Waals surface area contributed by atoms with Gasteiger partial charge in [0, 0.05) is 12.1 Å². The van der Waals surface area contributed by atoms with Gasteiger partial charge in [0.2, 0.25) is 10.0 Å². The Morgan fingerprint density at radius 3 is 2.47 bits per heavy atom. The zero-order valence-corrected chi connectivity index (χ0v) is 12.7. The average molecular weight is 304 g/mol. The zero-order chi connectivity index (χ0) is 14.8. The van der Waals surface area contributed by atoms with Gasteiger partial charge in [0.25, 0.3) is 0 Å². The maximum absolute atomic E-state index is 13.4. The van der Waals surface area contributed by atoms with Crippen molar-refractivity contribution in [3.05, 3.63) is 29.6 Å². The minimum Gasteiger partial charge on any atom is -0.389 e. The van der Waals surface area contributed by atoms with Gasteiger partial charge in [-0.3, -0.25) is 0 Å². The van der Waals surface area contributed by atoms with Crippen molar-refractivity contribution in [1.82, 2.24) is 4.72 Å². The Labute approximate surface area is 118 Å². The number of nitrogens with two attached hydrogens (primary N) is 1. The molecule has 0 radical (unpaired) electrons. The van der Waals surface area contributed by atoms with Crippen molar-refractivity contribution >= 4 is 27.2 Å². The highest BCUT2D eigenvalue weighted by atomic mass is 32.2. The van der Waals surface area contributed by atoms with Gasteiger partial charge < -0.3 is 5.73 Å². The monoisotopic (exact) mass is 304 g/mol. The van der Waals surface area contributed by atoms with E-state index >= 15 is 0 Å². The molecular formula is C12H17FN2O2S2. The summed E-state index contributed by atoms with van der Waals surface area (Å²) in [6, 6.07) is 3.37. The zero-order valence-electron chi connectivity index (χ0n) is 11.0. The van der Waals surface area contributed by atoms with Crippen molar-refractivity contribution in [3.63, 3.8) is 0 Å². The summed E-state index contributed by atoms with van der Waals surface area (Å²) in [7, 11) is -3.70. The minimum atomic E-state index is -3.70. The van der Waals surface area contributed by atoms with Crippen LogP contribution in [0.15, 0.2) is 23.1 Å². The Bertz CT molecular complexity index is 592. The van der Waals surface area contributed by atoms with Crippen molar-refractivity contribution < 1.29 is 12.8 Å². The second-order valence-corrected chi connectivity index (χ2v) is 7.60. The highest BCUT2D eigenvalue weighted by Crippen LogP contribution is 2.17. The van der Waals surface area contributed by atoms with E-state index < -0.39 is 15.8 Å². The number of thiocarbonyl (C=S) groups is 1. The second-order valence-electron chi connectivity index (χ2n) is 5.39. The molecule has 0 saturated heterocycles. The van der Waals surface area contributed by atoms with E-state index in [1.54, 1.807) is 0 Å². The number of hydrogen-bond acceptors (Lipinski definition) is 3. The fraction of sp³-hybridized carbons (Fsp3) is 0.417. The van der Waals surface area contributed by atoms with Gasteiger partial charge in [-0.1, -0.05) is 33.0 Å². The third-order valence-corrected chi connectivity index (χ3v) is 3.92. The Hall–Kier alpha value is -1.05. The molecule has 1 rings (SSSR count). The van der Waals surface area contributed by atoms with Crippen LogP contribution in [0.3, 0.4) is 0 Å². The van der Waals surface area contributed by atoms with E-state index in [1.807, 2.05) is 20.8 Å². The number of nitrogens with one attached hydrogen (secondary N) is 1. The summed E-state index contributed by atoms with van der Waals surface area (Å²) in [6.45, 7) is 5.98. The molecule has 0 aliphatic carbocycles. The van der Waals surface area contributed by atoms with Crippen molar-refractivity contribution in [3.8, 4) is 0 Å². The topological polar surface area (TPSA) is 72.2 Å². The van der Waals surface area contributed by atoms with E-state index in [0.29, 0.717) is 0 Å². The van der Waals surface area contributed by atoms with Gasteiger partial charge in [0.1, 0.15) is 10.8 Å². The van der Waals surface area contributed by atoms with Crippen LogP contribution in [-0.2, 0) is 10.0 Å². The van der Waals surface area contributed by atoms with Gasteiger partial charge >= 0.3 is 0 Å². The van der Waals surface area contributed by atoms with Crippen LogP contribution in [0.25, 0.3) is 0 Å². The van der Waals surface area contributed by atoms with Gasteiger partial charge in [0.05, 0.1) is 4.90 Å². The molecule has 1 aromatic rings. The lowest BCUT2D eigenvalue weighted by atomic mass is 9.98. The molecule has 4 nitrogen and oxygen atoms in total. The molecule has 106 valence electrons. The number of rotatable bonds is 4. The highest BCUT2D eigenvalue weighted by Gasteiger charge is 2.20. The molecule has 0 fully saturated rings. The van der Waals surface area contributed by atoms with Crippen molar-refractivity contribution in [2.24, 2.45) is 11.1 Å². The molecule has 3 N–H and O–H groups in total. The first kappa shape index (κ1) is 16.0. The normalized spacial score (nSPS) is 12.4. The Kier molecular flexibility index (Phi) is 4.65. The largest absolute Gasteiger partial charge is 0.389 e. The summed E-state index contributed by atoms with van der Waals surface area (Å²) in [5.41, 5.74) is 5.08. The maximum atomic E-state index is 13.4. The van der Waals surface area contributed by atoms with Crippen LogP contribution in [0.5, 0.6) is 0 Å². The minimum absolute atomic E-state index is 0.0547. The average Bonchev–Trinajstić information content (AvgIpc) is 2.25. The molecule has 0 saturated carbocycles. The Morgan fingerprint density at radius 2 is 2.00 bits per heavy atom. The molecule has 0 heterocycles. The molecule has 0 atom stereocenters. The second kappa shape index (κ2) is 5.52. The maximum Gasteiger partial charge on any atom is 0.240 e. The molecule has 0 spiro atoms. The molecule has 1 aromatic carbocycles. The fourth-order valence-electron chi connectivity index (χ4n) is 1.26. The summed E-state index contributed by atoms with van der Waals surface area (Å²) in [6.07, 6.45) is 0. The van der Waals surface area contributed by atoms with Crippen LogP contribution < -0.4 is 10.5 Å². The molecule has 0 aliphatic heterocycles. The molecule has 0 aliphatic rings. The van der Waals surface area contributed by atoms with Crippen LogP contribution >= 0.6 is 12.2 Å². The third kappa shape index (κ3) is 4.52. The van der Waals surface area contributed by atoms with Crippen LogP contribution in [-0.4, -0.2) is 20.0 Å². The SMILES string of the molecule is CC(C)(C)CNS(=O)(=O)c1ccc(F)c(C(N)=S)c1. The molecule has 19 heavy (non-hydrogen) atoms. The van der Waals surface area contributed by atoms with Crippen LogP contribution in [0.4, 0.5) is 4.39 Å². The predicted octanol–water partition coefficient (Wildman–Crippen LogP) is 1.78. The Morgan fingerprint density at radius 1 is 1.42 bits per heavy atom. The van der Waals surface area contributed by atoms with Crippen molar-refractivity contribution in [2.75, 3.05) is 6.54 Å². The number of halogens is 1.